The summed E-state index contributed by atoms with van der Waals surface area (Å²) in [6, 6.07) is 1.66. The van der Waals surface area contributed by atoms with E-state index in [-0.39, 0.29) is 0 Å². The minimum Gasteiger partial charge on any atom is -0.616 e. The van der Waals surface area contributed by atoms with Gasteiger partial charge in [0.15, 0.2) is 0 Å². The average Bonchev–Trinajstić information content (AvgIpc) is 2.29. The van der Waals surface area contributed by atoms with Crippen molar-refractivity contribution >= 4 is 28.9 Å². The first-order valence-corrected chi connectivity index (χ1v) is 8.05. The summed E-state index contributed by atoms with van der Waals surface area (Å²) >= 11 is 4.85. The number of halogens is 1. The Hall–Kier alpha value is -0.980. The molecular formula is C13H19ClN2O3S. The standard InChI is InChI=1S/C13H19ClN2O3S/c1-13(2,3)19-12(17)16-6-7-20(18)9-10-8-15-5-4-11(10)14/h4-5,8H,6-7,9H2,1-3H3,(H,16,17). The van der Waals surface area contributed by atoms with Crippen LogP contribution in [0.15, 0.2) is 18.5 Å². The Bertz CT molecular complexity index is 451. The maximum Gasteiger partial charge on any atom is 0.407 e. The van der Waals surface area contributed by atoms with Crippen molar-refractivity contribution < 1.29 is 14.1 Å². The fraction of sp³-hybridized carbons (Fsp3) is 0.538. The van der Waals surface area contributed by atoms with E-state index in [0.717, 1.165) is 5.56 Å². The van der Waals surface area contributed by atoms with Crippen molar-refractivity contribution in [3.63, 3.8) is 0 Å². The minimum absolute atomic E-state index is 0.291. The molecule has 1 aromatic heterocycles. The van der Waals surface area contributed by atoms with Gasteiger partial charge < -0.3 is 14.6 Å². The topological polar surface area (TPSA) is 74.3 Å². The van der Waals surface area contributed by atoms with Gasteiger partial charge in [-0.1, -0.05) is 11.6 Å². The molecule has 0 radical (unpaired) electrons. The van der Waals surface area contributed by atoms with E-state index in [1.807, 2.05) is 0 Å². The first-order chi connectivity index (χ1) is 9.28. The fourth-order valence-corrected chi connectivity index (χ4v) is 2.65. The molecule has 0 saturated carbocycles. The van der Waals surface area contributed by atoms with Crippen LogP contribution in [0.25, 0.3) is 0 Å². The quantitative estimate of drug-likeness (QED) is 0.846. The van der Waals surface area contributed by atoms with Gasteiger partial charge in [0, 0.05) is 18.0 Å². The number of carbonyl (C=O) groups excluding carboxylic acids is 1. The molecule has 1 heterocycles. The van der Waals surface area contributed by atoms with Crippen LogP contribution in [0, 0.1) is 0 Å². The number of alkyl carbamates (subject to hydrolysis) is 1. The highest BCUT2D eigenvalue weighted by atomic mass is 35.5. The number of carbonyl (C=O) groups is 1. The summed E-state index contributed by atoms with van der Waals surface area (Å²) in [6.45, 7) is 5.65. The number of hydrogen-bond acceptors (Lipinski definition) is 4. The number of pyridine rings is 1. The van der Waals surface area contributed by atoms with Crippen LogP contribution < -0.4 is 5.32 Å². The van der Waals surface area contributed by atoms with Crippen LogP contribution in [0.5, 0.6) is 0 Å². The predicted molar refractivity (Wildman–Crippen MR) is 80.2 cm³/mol. The molecule has 7 heteroatoms. The number of nitrogens with zero attached hydrogens (tertiary/aromatic N) is 1. The molecule has 0 aromatic carbocycles. The van der Waals surface area contributed by atoms with Gasteiger partial charge >= 0.3 is 6.09 Å². The third kappa shape index (κ3) is 6.98. The lowest BCUT2D eigenvalue weighted by atomic mass is 10.2. The van der Waals surface area contributed by atoms with Gasteiger partial charge in [-0.05, 0) is 38.0 Å². The third-order valence-electron chi connectivity index (χ3n) is 2.16. The van der Waals surface area contributed by atoms with Gasteiger partial charge in [0.1, 0.15) is 17.1 Å². The molecule has 1 aromatic rings. The summed E-state index contributed by atoms with van der Waals surface area (Å²) in [5, 5.41) is 3.12. The van der Waals surface area contributed by atoms with Crippen molar-refractivity contribution in [2.45, 2.75) is 32.1 Å². The number of amides is 1. The maximum atomic E-state index is 11.9. The highest BCUT2D eigenvalue weighted by molar-refractivity contribution is 7.90. The van der Waals surface area contributed by atoms with Crippen molar-refractivity contribution in [1.29, 1.82) is 0 Å². The Labute approximate surface area is 127 Å². The Morgan fingerprint density at radius 3 is 2.85 bits per heavy atom. The number of aromatic nitrogens is 1. The molecule has 0 aliphatic heterocycles. The monoisotopic (exact) mass is 318 g/mol. The molecular weight excluding hydrogens is 300 g/mol. The molecule has 0 spiro atoms. The zero-order chi connectivity index (χ0) is 15.2. The maximum absolute atomic E-state index is 11.9. The van der Waals surface area contributed by atoms with Crippen LogP contribution in [-0.4, -0.2) is 33.5 Å². The van der Waals surface area contributed by atoms with Crippen LogP contribution in [-0.2, 0) is 21.7 Å². The van der Waals surface area contributed by atoms with Gasteiger partial charge in [0.25, 0.3) is 0 Å². The van der Waals surface area contributed by atoms with E-state index in [9.17, 15) is 9.35 Å². The zero-order valence-electron chi connectivity index (χ0n) is 11.8. The van der Waals surface area contributed by atoms with Crippen LogP contribution in [0.4, 0.5) is 4.79 Å². The normalized spacial score (nSPS) is 12.8. The molecule has 0 bridgehead atoms. The van der Waals surface area contributed by atoms with E-state index in [2.05, 4.69) is 10.3 Å². The molecule has 1 amide bonds. The summed E-state index contributed by atoms with van der Waals surface area (Å²) in [5.41, 5.74) is 0.205. The highest BCUT2D eigenvalue weighted by Crippen LogP contribution is 2.16. The number of ether oxygens (including phenoxy) is 1. The summed E-state index contributed by atoms with van der Waals surface area (Å²) in [4.78, 5) is 15.3. The summed E-state index contributed by atoms with van der Waals surface area (Å²) in [5.74, 6) is 0.660. The van der Waals surface area contributed by atoms with Gasteiger partial charge in [0.2, 0.25) is 0 Å². The lowest BCUT2D eigenvalue weighted by Crippen LogP contribution is -2.35. The zero-order valence-corrected chi connectivity index (χ0v) is 13.4. The number of nitrogens with one attached hydrogen (secondary N) is 1. The molecule has 1 atom stereocenters. The van der Waals surface area contributed by atoms with Crippen LogP contribution in [0.1, 0.15) is 26.3 Å². The van der Waals surface area contributed by atoms with Crippen molar-refractivity contribution in [2.24, 2.45) is 0 Å². The number of hydrogen-bond donors (Lipinski definition) is 1. The van der Waals surface area contributed by atoms with Gasteiger partial charge in [0.05, 0.1) is 11.6 Å². The van der Waals surface area contributed by atoms with Crippen molar-refractivity contribution in [3.8, 4) is 0 Å². The van der Waals surface area contributed by atoms with E-state index in [4.69, 9.17) is 16.3 Å². The molecule has 0 fully saturated rings. The Balaban J connectivity index is 2.29. The second kappa shape index (κ2) is 7.71. The van der Waals surface area contributed by atoms with Crippen LogP contribution >= 0.6 is 11.6 Å². The minimum atomic E-state index is -1.12. The highest BCUT2D eigenvalue weighted by Gasteiger charge is 2.17. The molecule has 20 heavy (non-hydrogen) atoms. The fourth-order valence-electron chi connectivity index (χ4n) is 1.34. The smallest absolute Gasteiger partial charge is 0.407 e. The van der Waals surface area contributed by atoms with Gasteiger partial charge in [-0.3, -0.25) is 4.98 Å². The SMILES string of the molecule is CC(C)(C)OC(=O)NCC[S+]([O-])Cc1cnccc1Cl. The van der Waals surface area contributed by atoms with Crippen LogP contribution in [0.3, 0.4) is 0 Å². The van der Waals surface area contributed by atoms with Crippen molar-refractivity contribution in [3.05, 3.63) is 29.0 Å². The van der Waals surface area contributed by atoms with E-state index in [1.54, 1.807) is 39.2 Å². The van der Waals surface area contributed by atoms with Gasteiger partial charge in [-0.15, -0.1) is 0 Å². The lowest BCUT2D eigenvalue weighted by molar-refractivity contribution is 0.0531. The van der Waals surface area contributed by atoms with Gasteiger partial charge in [-0.2, -0.15) is 0 Å². The van der Waals surface area contributed by atoms with E-state index < -0.39 is 22.9 Å². The Morgan fingerprint density at radius 1 is 1.55 bits per heavy atom. The Kier molecular flexibility index (Phi) is 6.58. The largest absolute Gasteiger partial charge is 0.616 e. The predicted octanol–water partition coefficient (Wildman–Crippen LogP) is 2.51. The summed E-state index contributed by atoms with van der Waals surface area (Å²) in [7, 11) is 0. The molecule has 0 aliphatic rings. The average molecular weight is 319 g/mol. The molecule has 5 nitrogen and oxygen atoms in total. The lowest BCUT2D eigenvalue weighted by Gasteiger charge is -2.19. The van der Waals surface area contributed by atoms with E-state index >= 15 is 0 Å². The van der Waals surface area contributed by atoms with Crippen molar-refractivity contribution in [1.82, 2.24) is 10.3 Å². The van der Waals surface area contributed by atoms with E-state index in [1.165, 1.54) is 0 Å². The second-order valence-corrected chi connectivity index (χ2v) is 7.17. The first-order valence-electron chi connectivity index (χ1n) is 6.18. The van der Waals surface area contributed by atoms with Crippen molar-refractivity contribution in [2.75, 3.05) is 12.3 Å². The first kappa shape index (κ1) is 17.1. The number of rotatable bonds is 5. The Morgan fingerprint density at radius 2 is 2.25 bits per heavy atom. The molecule has 0 saturated heterocycles. The van der Waals surface area contributed by atoms with Crippen LogP contribution in [0.2, 0.25) is 5.02 Å². The molecule has 1 unspecified atom stereocenters. The molecule has 1 N–H and O–H groups in total. The van der Waals surface area contributed by atoms with E-state index in [0.29, 0.717) is 23.1 Å². The summed E-state index contributed by atoms with van der Waals surface area (Å²) in [6.07, 6.45) is 2.68. The molecule has 0 aliphatic carbocycles. The third-order valence-corrected chi connectivity index (χ3v) is 3.82. The second-order valence-electron chi connectivity index (χ2n) is 5.18. The molecule has 1 rings (SSSR count). The summed E-state index contributed by atoms with van der Waals surface area (Å²) < 4.78 is 16.9. The molecule has 112 valence electrons. The van der Waals surface area contributed by atoms with Gasteiger partial charge in [-0.25, -0.2) is 4.79 Å².